The van der Waals surface area contributed by atoms with Gasteiger partial charge in [0.25, 0.3) is 0 Å². The minimum absolute atomic E-state index is 0.862. The van der Waals surface area contributed by atoms with E-state index < -0.39 is 0 Å². The number of hydrogen-bond donors (Lipinski definition) is 0. The highest BCUT2D eigenvalue weighted by Crippen LogP contribution is 2.17. The molecule has 3 nitrogen and oxygen atoms in total. The topological polar surface area (TPSA) is 21.1 Å². The maximum Gasteiger partial charge on any atom is 0.0534 e. The summed E-state index contributed by atoms with van der Waals surface area (Å²) in [6, 6.07) is 0. The van der Waals surface area contributed by atoms with E-state index in [4.69, 9.17) is 0 Å². The number of aromatic nitrogens is 2. The SMILES string of the molecule is CC1CCCN(Cc2cnn(C)c2)C1. The summed E-state index contributed by atoms with van der Waals surface area (Å²) in [4.78, 5) is 2.53. The molecule has 0 N–H and O–H groups in total. The Morgan fingerprint density at radius 3 is 3.07 bits per heavy atom. The summed E-state index contributed by atoms with van der Waals surface area (Å²) in [5.74, 6) is 0.862. The van der Waals surface area contributed by atoms with Crippen molar-refractivity contribution in [3.05, 3.63) is 18.0 Å². The van der Waals surface area contributed by atoms with Crippen LogP contribution in [0, 0.1) is 5.92 Å². The minimum atomic E-state index is 0.862. The van der Waals surface area contributed by atoms with Crippen molar-refractivity contribution < 1.29 is 0 Å². The van der Waals surface area contributed by atoms with E-state index in [0.29, 0.717) is 0 Å². The molecule has 1 saturated heterocycles. The molecule has 2 rings (SSSR count). The van der Waals surface area contributed by atoms with Gasteiger partial charge in [-0.05, 0) is 25.3 Å². The summed E-state index contributed by atoms with van der Waals surface area (Å²) in [5, 5.41) is 4.19. The molecule has 3 heteroatoms. The van der Waals surface area contributed by atoms with Crippen LogP contribution < -0.4 is 0 Å². The lowest BCUT2D eigenvalue weighted by Gasteiger charge is -2.30. The van der Waals surface area contributed by atoms with Gasteiger partial charge in [0.15, 0.2) is 0 Å². The van der Waals surface area contributed by atoms with Crippen LogP contribution in [0.1, 0.15) is 25.3 Å². The first-order valence-electron chi connectivity index (χ1n) is 5.44. The van der Waals surface area contributed by atoms with E-state index in [2.05, 4.69) is 23.1 Å². The predicted octanol–water partition coefficient (Wildman–Crippen LogP) is 1.65. The average Bonchev–Trinajstić information content (AvgIpc) is 2.51. The van der Waals surface area contributed by atoms with Crippen molar-refractivity contribution in [1.82, 2.24) is 14.7 Å². The molecule has 0 bridgehead atoms. The molecular formula is C11H19N3. The third kappa shape index (κ3) is 2.35. The largest absolute Gasteiger partial charge is 0.299 e. The number of rotatable bonds is 2. The summed E-state index contributed by atoms with van der Waals surface area (Å²) in [7, 11) is 1.97. The number of aryl methyl sites for hydroxylation is 1. The van der Waals surface area contributed by atoms with Crippen LogP contribution in [0.2, 0.25) is 0 Å². The van der Waals surface area contributed by atoms with Gasteiger partial charge in [-0.2, -0.15) is 5.10 Å². The maximum absolute atomic E-state index is 4.19. The Morgan fingerprint density at radius 1 is 1.57 bits per heavy atom. The Bertz CT molecular complexity index is 292. The van der Waals surface area contributed by atoms with Crippen molar-refractivity contribution in [2.45, 2.75) is 26.3 Å². The lowest BCUT2D eigenvalue weighted by molar-refractivity contribution is 0.176. The zero-order valence-corrected chi connectivity index (χ0v) is 9.11. The van der Waals surface area contributed by atoms with Gasteiger partial charge < -0.3 is 0 Å². The molecule has 1 unspecified atom stereocenters. The van der Waals surface area contributed by atoms with Crippen molar-refractivity contribution >= 4 is 0 Å². The molecule has 1 aromatic rings. The molecule has 2 heterocycles. The van der Waals surface area contributed by atoms with Gasteiger partial charge in [-0.25, -0.2) is 0 Å². The standard InChI is InChI=1S/C11H19N3/c1-10-4-3-5-14(7-10)9-11-6-12-13(2)8-11/h6,8,10H,3-5,7,9H2,1-2H3. The molecule has 1 fully saturated rings. The van der Waals surface area contributed by atoms with Crippen molar-refractivity contribution in [3.8, 4) is 0 Å². The summed E-state index contributed by atoms with van der Waals surface area (Å²) in [6.45, 7) is 5.90. The Kier molecular flexibility index (Phi) is 2.87. The van der Waals surface area contributed by atoms with E-state index in [9.17, 15) is 0 Å². The lowest BCUT2D eigenvalue weighted by Crippen LogP contribution is -2.33. The van der Waals surface area contributed by atoms with Gasteiger partial charge in [0, 0.05) is 31.9 Å². The molecule has 0 saturated carbocycles. The molecule has 0 aliphatic carbocycles. The van der Waals surface area contributed by atoms with Crippen molar-refractivity contribution in [2.24, 2.45) is 13.0 Å². The maximum atomic E-state index is 4.19. The van der Waals surface area contributed by atoms with E-state index in [1.54, 1.807) is 0 Å². The number of hydrogen-bond acceptors (Lipinski definition) is 2. The van der Waals surface area contributed by atoms with Gasteiger partial charge in [-0.15, -0.1) is 0 Å². The molecule has 1 aromatic heterocycles. The van der Waals surface area contributed by atoms with Gasteiger partial charge in [0.2, 0.25) is 0 Å². The van der Waals surface area contributed by atoms with Crippen LogP contribution in [0.5, 0.6) is 0 Å². The Labute approximate surface area is 85.7 Å². The monoisotopic (exact) mass is 193 g/mol. The number of piperidine rings is 1. The predicted molar refractivity (Wildman–Crippen MR) is 56.9 cm³/mol. The summed E-state index contributed by atoms with van der Waals surface area (Å²) in [6.07, 6.45) is 6.82. The van der Waals surface area contributed by atoms with Crippen LogP contribution >= 0.6 is 0 Å². The first kappa shape index (κ1) is 9.71. The number of nitrogens with zero attached hydrogens (tertiary/aromatic N) is 3. The van der Waals surface area contributed by atoms with Crippen LogP contribution in [-0.4, -0.2) is 27.8 Å². The smallest absolute Gasteiger partial charge is 0.0534 e. The van der Waals surface area contributed by atoms with E-state index in [-0.39, 0.29) is 0 Å². The van der Waals surface area contributed by atoms with Crippen molar-refractivity contribution in [1.29, 1.82) is 0 Å². The quantitative estimate of drug-likeness (QED) is 0.712. The van der Waals surface area contributed by atoms with E-state index in [1.165, 1.54) is 31.5 Å². The molecule has 0 radical (unpaired) electrons. The molecule has 1 atom stereocenters. The second-order valence-corrected chi connectivity index (χ2v) is 4.50. The number of likely N-dealkylation sites (tertiary alicyclic amines) is 1. The fraction of sp³-hybridized carbons (Fsp3) is 0.727. The molecular weight excluding hydrogens is 174 g/mol. The fourth-order valence-corrected chi connectivity index (χ4v) is 2.24. The fourth-order valence-electron chi connectivity index (χ4n) is 2.24. The third-order valence-electron chi connectivity index (χ3n) is 2.91. The molecule has 1 aliphatic rings. The highest BCUT2D eigenvalue weighted by Gasteiger charge is 2.16. The highest BCUT2D eigenvalue weighted by atomic mass is 15.2. The summed E-state index contributed by atoms with van der Waals surface area (Å²) in [5.41, 5.74) is 1.33. The van der Waals surface area contributed by atoms with Gasteiger partial charge in [0.05, 0.1) is 6.20 Å². The lowest BCUT2D eigenvalue weighted by atomic mass is 10.0. The van der Waals surface area contributed by atoms with E-state index in [0.717, 1.165) is 12.5 Å². The van der Waals surface area contributed by atoms with Crippen LogP contribution in [0.3, 0.4) is 0 Å². The first-order chi connectivity index (χ1) is 6.74. The Balaban J connectivity index is 1.90. The van der Waals surface area contributed by atoms with Gasteiger partial charge in [-0.3, -0.25) is 9.58 Å². The zero-order chi connectivity index (χ0) is 9.97. The first-order valence-corrected chi connectivity index (χ1v) is 5.44. The molecule has 0 amide bonds. The normalized spacial score (nSPS) is 24.0. The molecule has 0 spiro atoms. The summed E-state index contributed by atoms with van der Waals surface area (Å²) >= 11 is 0. The average molecular weight is 193 g/mol. The van der Waals surface area contributed by atoms with Gasteiger partial charge in [-0.1, -0.05) is 6.92 Å². The van der Waals surface area contributed by atoms with E-state index >= 15 is 0 Å². The van der Waals surface area contributed by atoms with E-state index in [1.807, 2.05) is 17.9 Å². The Morgan fingerprint density at radius 2 is 2.43 bits per heavy atom. The van der Waals surface area contributed by atoms with Crippen LogP contribution in [-0.2, 0) is 13.6 Å². The third-order valence-corrected chi connectivity index (χ3v) is 2.91. The van der Waals surface area contributed by atoms with Gasteiger partial charge in [0.1, 0.15) is 0 Å². The highest BCUT2D eigenvalue weighted by molar-refractivity contribution is 5.03. The second-order valence-electron chi connectivity index (χ2n) is 4.50. The van der Waals surface area contributed by atoms with Crippen LogP contribution in [0.4, 0.5) is 0 Å². The molecule has 1 aliphatic heterocycles. The van der Waals surface area contributed by atoms with Crippen LogP contribution in [0.25, 0.3) is 0 Å². The zero-order valence-electron chi connectivity index (χ0n) is 9.11. The van der Waals surface area contributed by atoms with Crippen molar-refractivity contribution in [3.63, 3.8) is 0 Å². The second kappa shape index (κ2) is 4.13. The Hall–Kier alpha value is -0.830. The molecule has 0 aromatic carbocycles. The van der Waals surface area contributed by atoms with Crippen LogP contribution in [0.15, 0.2) is 12.4 Å². The summed E-state index contributed by atoms with van der Waals surface area (Å²) < 4.78 is 1.88. The minimum Gasteiger partial charge on any atom is -0.299 e. The molecule has 78 valence electrons. The van der Waals surface area contributed by atoms with Crippen molar-refractivity contribution in [2.75, 3.05) is 13.1 Å². The molecule has 14 heavy (non-hydrogen) atoms. The van der Waals surface area contributed by atoms with Gasteiger partial charge >= 0.3 is 0 Å².